The minimum absolute atomic E-state index is 0.274. The molecule has 0 radical (unpaired) electrons. The molecule has 0 unspecified atom stereocenters. The molecule has 7 heteroatoms. The fourth-order valence-corrected chi connectivity index (χ4v) is 2.18. The second-order valence-corrected chi connectivity index (χ2v) is 5.22. The van der Waals surface area contributed by atoms with Crippen molar-refractivity contribution in [3.63, 3.8) is 0 Å². The molecule has 0 aliphatic heterocycles. The maximum Gasteiger partial charge on any atom is 0.253 e. The number of pyridine rings is 2. The van der Waals surface area contributed by atoms with Crippen molar-refractivity contribution < 1.29 is 13.6 Å². The van der Waals surface area contributed by atoms with E-state index >= 15 is 0 Å². The van der Waals surface area contributed by atoms with Crippen molar-refractivity contribution in [1.82, 2.24) is 15.3 Å². The van der Waals surface area contributed by atoms with Crippen molar-refractivity contribution in [2.75, 3.05) is 5.32 Å². The van der Waals surface area contributed by atoms with Crippen LogP contribution in [0, 0.1) is 11.6 Å². The topological polar surface area (TPSA) is 66.9 Å². The Labute approximate surface area is 142 Å². The number of amides is 1. The van der Waals surface area contributed by atoms with Crippen LogP contribution in [0.4, 0.5) is 20.2 Å². The minimum atomic E-state index is -0.729. The Morgan fingerprint density at radius 3 is 2.44 bits per heavy atom. The third kappa shape index (κ3) is 4.14. The van der Waals surface area contributed by atoms with Gasteiger partial charge in [0, 0.05) is 25.1 Å². The number of benzene rings is 1. The highest BCUT2D eigenvalue weighted by atomic mass is 19.1. The van der Waals surface area contributed by atoms with Crippen molar-refractivity contribution in [2.24, 2.45) is 0 Å². The Morgan fingerprint density at radius 1 is 1.00 bits per heavy atom. The average Bonchev–Trinajstić information content (AvgIpc) is 2.64. The number of carbonyl (C=O) groups is 1. The first kappa shape index (κ1) is 16.5. The van der Waals surface area contributed by atoms with Crippen LogP contribution in [-0.4, -0.2) is 15.9 Å². The lowest BCUT2D eigenvalue weighted by Crippen LogP contribution is -2.23. The molecule has 3 rings (SSSR count). The van der Waals surface area contributed by atoms with Gasteiger partial charge in [-0.1, -0.05) is 6.07 Å². The average molecular weight is 340 g/mol. The van der Waals surface area contributed by atoms with Gasteiger partial charge in [0.05, 0.1) is 17.4 Å². The van der Waals surface area contributed by atoms with E-state index in [1.54, 1.807) is 24.5 Å². The number of carbonyl (C=O) groups excluding carboxylic acids is 1. The highest BCUT2D eigenvalue weighted by Gasteiger charge is 2.11. The van der Waals surface area contributed by atoms with Crippen molar-refractivity contribution in [3.05, 3.63) is 83.9 Å². The molecule has 0 atom stereocenters. The number of nitrogens with zero attached hydrogens (tertiary/aromatic N) is 2. The summed E-state index contributed by atoms with van der Waals surface area (Å²) in [6.45, 7) is 0.334. The summed E-state index contributed by atoms with van der Waals surface area (Å²) in [4.78, 5) is 20.1. The van der Waals surface area contributed by atoms with E-state index in [-0.39, 0.29) is 17.2 Å². The Balaban J connectivity index is 1.72. The summed E-state index contributed by atoms with van der Waals surface area (Å²) in [6.07, 6.45) is 6.03. The quantitative estimate of drug-likeness (QED) is 0.747. The minimum Gasteiger partial charge on any atom is -0.349 e. The van der Waals surface area contributed by atoms with E-state index in [1.165, 1.54) is 24.5 Å². The predicted octanol–water partition coefficient (Wildman–Crippen LogP) is 3.43. The number of hydrogen-bond acceptors (Lipinski definition) is 4. The van der Waals surface area contributed by atoms with Gasteiger partial charge < -0.3 is 10.6 Å². The van der Waals surface area contributed by atoms with E-state index in [0.717, 1.165) is 17.7 Å². The molecule has 2 aromatic heterocycles. The smallest absolute Gasteiger partial charge is 0.253 e. The molecule has 2 heterocycles. The Kier molecular flexibility index (Phi) is 4.94. The number of halogens is 2. The van der Waals surface area contributed by atoms with Crippen molar-refractivity contribution in [3.8, 4) is 0 Å². The molecule has 0 aliphatic rings. The summed E-state index contributed by atoms with van der Waals surface area (Å²) < 4.78 is 27.4. The molecule has 126 valence electrons. The second kappa shape index (κ2) is 7.48. The molecule has 0 bridgehead atoms. The Hall–Kier alpha value is -3.35. The van der Waals surface area contributed by atoms with Gasteiger partial charge in [-0.3, -0.25) is 14.8 Å². The van der Waals surface area contributed by atoms with Crippen LogP contribution in [0.5, 0.6) is 0 Å². The van der Waals surface area contributed by atoms with Gasteiger partial charge in [0.2, 0.25) is 0 Å². The molecule has 3 aromatic rings. The van der Waals surface area contributed by atoms with Crippen LogP contribution < -0.4 is 10.6 Å². The van der Waals surface area contributed by atoms with Crippen LogP contribution in [0.2, 0.25) is 0 Å². The number of rotatable bonds is 5. The lowest BCUT2D eigenvalue weighted by Gasteiger charge is -2.10. The first-order valence-electron chi connectivity index (χ1n) is 7.46. The van der Waals surface area contributed by atoms with Crippen molar-refractivity contribution >= 4 is 17.3 Å². The van der Waals surface area contributed by atoms with E-state index in [2.05, 4.69) is 20.6 Å². The van der Waals surface area contributed by atoms with Gasteiger partial charge in [-0.2, -0.15) is 0 Å². The van der Waals surface area contributed by atoms with Gasteiger partial charge in [-0.15, -0.1) is 0 Å². The van der Waals surface area contributed by atoms with E-state index in [0.29, 0.717) is 12.2 Å². The molecule has 0 saturated carbocycles. The first-order valence-corrected chi connectivity index (χ1v) is 7.46. The lowest BCUT2D eigenvalue weighted by atomic mass is 10.2. The summed E-state index contributed by atoms with van der Waals surface area (Å²) >= 11 is 0. The maximum atomic E-state index is 13.7. The molecule has 0 spiro atoms. The Morgan fingerprint density at radius 2 is 1.72 bits per heavy atom. The van der Waals surface area contributed by atoms with Gasteiger partial charge in [0.15, 0.2) is 0 Å². The van der Waals surface area contributed by atoms with E-state index in [1.807, 2.05) is 0 Å². The van der Waals surface area contributed by atoms with Crippen molar-refractivity contribution in [1.29, 1.82) is 0 Å². The molecule has 0 fully saturated rings. The van der Waals surface area contributed by atoms with Gasteiger partial charge >= 0.3 is 0 Å². The normalized spacial score (nSPS) is 10.3. The molecule has 0 aliphatic carbocycles. The number of aromatic nitrogens is 2. The molecule has 5 nitrogen and oxygen atoms in total. The standard InChI is InChI=1S/C18H14F2N4O/c19-15-2-1-3-16(20)17(15)24-14-8-13(10-22-11-14)18(25)23-9-12-4-6-21-7-5-12/h1-8,10-11,24H,9H2,(H,23,25). The van der Waals surface area contributed by atoms with E-state index < -0.39 is 11.6 Å². The fraction of sp³-hybridized carbons (Fsp3) is 0.0556. The molecular formula is C18H14F2N4O. The van der Waals surface area contributed by atoms with Crippen LogP contribution in [-0.2, 0) is 6.54 Å². The number of nitrogens with one attached hydrogen (secondary N) is 2. The monoisotopic (exact) mass is 340 g/mol. The first-order chi connectivity index (χ1) is 12.1. The number of anilines is 2. The maximum absolute atomic E-state index is 13.7. The summed E-state index contributed by atoms with van der Waals surface area (Å²) in [5.41, 5.74) is 1.19. The lowest BCUT2D eigenvalue weighted by molar-refractivity contribution is 0.0950. The molecule has 25 heavy (non-hydrogen) atoms. The second-order valence-electron chi connectivity index (χ2n) is 5.22. The number of para-hydroxylation sites is 1. The Bertz CT molecular complexity index is 867. The largest absolute Gasteiger partial charge is 0.349 e. The summed E-state index contributed by atoms with van der Waals surface area (Å²) in [6, 6.07) is 8.61. The predicted molar refractivity (Wildman–Crippen MR) is 89.3 cm³/mol. The fourth-order valence-electron chi connectivity index (χ4n) is 2.18. The number of hydrogen-bond donors (Lipinski definition) is 2. The molecule has 1 amide bonds. The summed E-state index contributed by atoms with van der Waals surface area (Å²) in [5, 5.41) is 5.36. The van der Waals surface area contributed by atoms with Crippen LogP contribution in [0.15, 0.2) is 61.2 Å². The van der Waals surface area contributed by atoms with Crippen LogP contribution in [0.3, 0.4) is 0 Å². The zero-order valence-electron chi connectivity index (χ0n) is 13.0. The summed E-state index contributed by atoms with van der Waals surface area (Å²) in [5.74, 6) is -1.80. The van der Waals surface area contributed by atoms with E-state index in [4.69, 9.17) is 0 Å². The van der Waals surface area contributed by atoms with Crippen LogP contribution in [0.25, 0.3) is 0 Å². The molecule has 1 aromatic carbocycles. The molecule has 0 saturated heterocycles. The van der Waals surface area contributed by atoms with Gasteiger partial charge in [0.25, 0.3) is 5.91 Å². The SMILES string of the molecule is O=C(NCc1ccncc1)c1cncc(Nc2c(F)cccc2F)c1. The zero-order chi connectivity index (χ0) is 17.6. The van der Waals surface area contributed by atoms with Crippen molar-refractivity contribution in [2.45, 2.75) is 6.54 Å². The molecule has 2 N–H and O–H groups in total. The summed E-state index contributed by atoms with van der Waals surface area (Å²) in [7, 11) is 0. The zero-order valence-corrected chi connectivity index (χ0v) is 13.0. The van der Waals surface area contributed by atoms with Crippen LogP contribution in [0.1, 0.15) is 15.9 Å². The van der Waals surface area contributed by atoms with Gasteiger partial charge in [-0.05, 0) is 35.9 Å². The van der Waals surface area contributed by atoms with Gasteiger partial charge in [-0.25, -0.2) is 8.78 Å². The third-order valence-electron chi connectivity index (χ3n) is 3.43. The van der Waals surface area contributed by atoms with Crippen LogP contribution >= 0.6 is 0 Å². The highest BCUT2D eigenvalue weighted by molar-refractivity contribution is 5.94. The van der Waals surface area contributed by atoms with E-state index in [9.17, 15) is 13.6 Å². The molecular weight excluding hydrogens is 326 g/mol. The third-order valence-corrected chi connectivity index (χ3v) is 3.43. The van der Waals surface area contributed by atoms with Gasteiger partial charge in [0.1, 0.15) is 17.3 Å². The highest BCUT2D eigenvalue weighted by Crippen LogP contribution is 2.23.